The average molecular weight is 760 g/mol. The van der Waals surface area contributed by atoms with Gasteiger partial charge in [-0.3, -0.25) is 0 Å². The van der Waals surface area contributed by atoms with Gasteiger partial charge in [0.1, 0.15) is 5.76 Å². The first-order valence-electron chi connectivity index (χ1n) is 16.2. The Bertz CT molecular complexity index is 1490. The predicted molar refractivity (Wildman–Crippen MR) is 212 cm³/mol. The first kappa shape index (κ1) is 40.6. The number of benzene rings is 6. The third kappa shape index (κ3) is 14.7. The Labute approximate surface area is 306 Å². The van der Waals surface area contributed by atoms with Crippen LogP contribution in [0.3, 0.4) is 0 Å². The quantitative estimate of drug-likeness (QED) is 0.0744. The Morgan fingerprint density at radius 3 is 1.04 bits per heavy atom. The molecule has 0 unspecified atom stereocenters. The van der Waals surface area contributed by atoms with E-state index in [1.807, 2.05) is 61.5 Å². The molecule has 0 aromatic heterocycles. The van der Waals surface area contributed by atoms with Gasteiger partial charge in [-0.25, -0.2) is 0 Å². The van der Waals surface area contributed by atoms with Crippen molar-refractivity contribution < 1.29 is 25.5 Å². The Morgan fingerprint density at radius 1 is 0.521 bits per heavy atom. The Kier molecular flexibility index (Phi) is 20.7. The number of allylic oxidation sites excluding steroid dienone is 1. The van der Waals surface area contributed by atoms with Crippen molar-refractivity contribution in [3.63, 3.8) is 0 Å². The van der Waals surface area contributed by atoms with Gasteiger partial charge in [-0.15, -0.1) is 0 Å². The molecule has 0 heterocycles. The molecule has 6 rings (SSSR count). The molecule has 6 aromatic carbocycles. The maximum absolute atomic E-state index is 9.19. The molecule has 0 radical (unpaired) electrons. The summed E-state index contributed by atoms with van der Waals surface area (Å²) < 4.78 is 0. The summed E-state index contributed by atoms with van der Waals surface area (Å²) >= 11 is 0. The van der Waals surface area contributed by atoms with E-state index in [0.717, 1.165) is 5.56 Å². The van der Waals surface area contributed by atoms with Crippen LogP contribution in [0.1, 0.15) is 31.9 Å². The number of aliphatic hydroxyl groups excluding tert-OH is 1. The van der Waals surface area contributed by atoms with E-state index in [-0.39, 0.29) is 36.3 Å². The minimum atomic E-state index is -0.149. The van der Waals surface area contributed by atoms with Crippen LogP contribution in [0.2, 0.25) is 0 Å². The maximum atomic E-state index is 9.19. The maximum Gasteiger partial charge on any atom is 0.118 e. The summed E-state index contributed by atoms with van der Waals surface area (Å²) in [7, 11) is -0.297. The van der Waals surface area contributed by atoms with E-state index in [4.69, 9.17) is 0 Å². The summed E-state index contributed by atoms with van der Waals surface area (Å²) in [5, 5.41) is 15.1. The standard InChI is InChI=1S/2C14H15P.C9H10O.C7H7.Pd/c2*1-2-15(13-9-5-3-6-10-13)14-11-7-4-8-12-14;1-2-9(10)8-6-4-3-5-7-8;1-7-5-3-2-4-6-7;/h2*3-12H,2H2,1H3;2-7,10H,1H3;3-6H,1H3;/q;;;-1;/b;;9-2+;;. The third-order valence-corrected chi connectivity index (χ3v) is 12.1. The predicted octanol–water partition coefficient (Wildman–Crippen LogP) is 10.7. The summed E-state index contributed by atoms with van der Waals surface area (Å²) in [6, 6.07) is 63.5. The van der Waals surface area contributed by atoms with Crippen LogP contribution in [0, 0.1) is 13.0 Å². The van der Waals surface area contributed by atoms with Crippen LogP contribution in [0.5, 0.6) is 0 Å². The molecule has 0 aliphatic rings. The number of hydrogen-bond acceptors (Lipinski definition) is 1. The molecule has 0 bridgehead atoms. The van der Waals surface area contributed by atoms with Crippen LogP contribution in [0.25, 0.3) is 5.76 Å². The smallest absolute Gasteiger partial charge is 0.118 e. The van der Waals surface area contributed by atoms with E-state index in [1.54, 1.807) is 6.08 Å². The molecule has 0 saturated heterocycles. The zero-order chi connectivity index (χ0) is 33.5. The van der Waals surface area contributed by atoms with Gasteiger partial charge in [-0.2, -0.15) is 35.9 Å². The van der Waals surface area contributed by atoms with E-state index in [0.29, 0.717) is 5.76 Å². The monoisotopic (exact) mass is 759 g/mol. The van der Waals surface area contributed by atoms with E-state index < -0.39 is 0 Å². The summed E-state index contributed by atoms with van der Waals surface area (Å²) in [6.07, 6.45) is 4.10. The number of aliphatic hydroxyl groups is 1. The third-order valence-electron chi connectivity index (χ3n) is 7.13. The zero-order valence-electron chi connectivity index (χ0n) is 28.4. The fourth-order valence-electron chi connectivity index (χ4n) is 4.71. The van der Waals surface area contributed by atoms with Crippen LogP contribution in [0.4, 0.5) is 0 Å². The van der Waals surface area contributed by atoms with Crippen molar-refractivity contribution in [2.24, 2.45) is 0 Å². The molecule has 4 heteroatoms. The molecule has 0 spiro atoms. The van der Waals surface area contributed by atoms with Gasteiger partial charge >= 0.3 is 0 Å². The van der Waals surface area contributed by atoms with Crippen molar-refractivity contribution in [1.82, 2.24) is 0 Å². The van der Waals surface area contributed by atoms with Crippen molar-refractivity contribution in [3.05, 3.63) is 199 Å². The van der Waals surface area contributed by atoms with Crippen LogP contribution in [-0.2, 0) is 20.4 Å². The Balaban J connectivity index is 0.000000229. The first-order chi connectivity index (χ1) is 23.1. The van der Waals surface area contributed by atoms with Crippen molar-refractivity contribution >= 4 is 42.8 Å². The van der Waals surface area contributed by atoms with Gasteiger partial charge in [-0.05, 0) is 62.4 Å². The van der Waals surface area contributed by atoms with Gasteiger partial charge in [0.25, 0.3) is 0 Å². The van der Waals surface area contributed by atoms with Crippen LogP contribution in [0.15, 0.2) is 182 Å². The van der Waals surface area contributed by atoms with Crippen LogP contribution >= 0.6 is 15.8 Å². The van der Waals surface area contributed by atoms with Crippen molar-refractivity contribution in [3.8, 4) is 0 Å². The van der Waals surface area contributed by atoms with E-state index in [2.05, 4.69) is 148 Å². The zero-order valence-corrected chi connectivity index (χ0v) is 31.7. The molecular formula is C44H47OP2Pd-. The molecule has 0 saturated carbocycles. The Hall–Kier alpha value is -3.62. The van der Waals surface area contributed by atoms with E-state index in [1.165, 1.54) is 39.1 Å². The van der Waals surface area contributed by atoms with Crippen molar-refractivity contribution in [2.45, 2.75) is 27.7 Å². The largest absolute Gasteiger partial charge is 0.508 e. The summed E-state index contributed by atoms with van der Waals surface area (Å²) in [4.78, 5) is 0. The first-order valence-corrected chi connectivity index (χ1v) is 19.2. The second-order valence-electron chi connectivity index (χ2n) is 10.4. The molecule has 0 aliphatic carbocycles. The second-order valence-corrected chi connectivity index (χ2v) is 15.5. The topological polar surface area (TPSA) is 20.2 Å². The summed E-state index contributed by atoms with van der Waals surface area (Å²) in [6.45, 7) is 8.41. The fourth-order valence-corrected chi connectivity index (χ4v) is 8.89. The summed E-state index contributed by atoms with van der Waals surface area (Å²) in [5.74, 6) is 0.334. The molecule has 0 atom stereocenters. The molecule has 1 N–H and O–H groups in total. The summed E-state index contributed by atoms with van der Waals surface area (Å²) in [5.41, 5.74) is 2.16. The number of aryl methyl sites for hydroxylation is 1. The van der Waals surface area contributed by atoms with Crippen molar-refractivity contribution in [1.29, 1.82) is 0 Å². The van der Waals surface area contributed by atoms with Crippen molar-refractivity contribution in [2.75, 3.05) is 12.3 Å². The van der Waals surface area contributed by atoms with Gasteiger partial charge in [0.2, 0.25) is 0 Å². The molecule has 6 aromatic rings. The molecule has 250 valence electrons. The van der Waals surface area contributed by atoms with Gasteiger partial charge in [-0.1, -0.05) is 172 Å². The minimum absolute atomic E-state index is 0. The molecular weight excluding hydrogens is 713 g/mol. The van der Waals surface area contributed by atoms with Crippen LogP contribution < -0.4 is 21.2 Å². The molecule has 0 aliphatic heterocycles. The molecule has 0 fully saturated rings. The van der Waals surface area contributed by atoms with E-state index >= 15 is 0 Å². The van der Waals surface area contributed by atoms with Gasteiger partial charge in [0.05, 0.1) is 0 Å². The van der Waals surface area contributed by atoms with Gasteiger partial charge in [0.15, 0.2) is 0 Å². The van der Waals surface area contributed by atoms with Crippen LogP contribution in [-0.4, -0.2) is 17.4 Å². The molecule has 1 nitrogen and oxygen atoms in total. The van der Waals surface area contributed by atoms with Gasteiger partial charge in [0, 0.05) is 26.0 Å². The normalized spacial score (nSPS) is 10.2. The van der Waals surface area contributed by atoms with E-state index in [9.17, 15) is 5.11 Å². The SMILES string of the molecule is C/C=C(/O)c1ccccc1.CCP(c1ccccc1)c1ccccc1.CCP(c1ccccc1)c1ccccc1.Cc1cc[c-]cc1.[Pd]. The number of hydrogen-bond donors (Lipinski definition) is 1. The second kappa shape index (κ2) is 24.5. The van der Waals surface area contributed by atoms with Gasteiger partial charge < -0.3 is 5.11 Å². The average Bonchev–Trinajstić information content (AvgIpc) is 3.15. The fraction of sp³-hybridized carbons (Fsp3) is 0.136. The minimum Gasteiger partial charge on any atom is -0.508 e. The molecule has 48 heavy (non-hydrogen) atoms. The number of rotatable bonds is 7. The Morgan fingerprint density at radius 2 is 0.812 bits per heavy atom. The molecule has 0 amide bonds.